The molecule has 0 radical (unpaired) electrons. The van der Waals surface area contributed by atoms with Gasteiger partial charge >= 0.3 is 0 Å². The van der Waals surface area contributed by atoms with Crippen LogP contribution in [0.25, 0.3) is 0 Å². The summed E-state index contributed by atoms with van der Waals surface area (Å²) in [6.07, 6.45) is 4.16. The normalized spacial score (nSPS) is 32.7. The van der Waals surface area contributed by atoms with Gasteiger partial charge in [-0.1, -0.05) is 31.2 Å². The molecule has 1 aromatic rings. The molecule has 0 aliphatic heterocycles. The van der Waals surface area contributed by atoms with Crippen LogP contribution in [0.1, 0.15) is 30.9 Å². The smallest absolute Gasteiger partial charge is 0.238 e. The number of carbonyl (C=O) groups excluding carboxylic acids is 1. The highest BCUT2D eigenvalue weighted by atomic mass is 16.1. The summed E-state index contributed by atoms with van der Waals surface area (Å²) < 4.78 is 0. The molecule has 3 rings (SSSR count). The quantitative estimate of drug-likeness (QED) is 0.866. The van der Waals surface area contributed by atoms with Gasteiger partial charge in [0.15, 0.2) is 0 Å². The molecule has 1 aromatic carbocycles. The first-order valence-electron chi connectivity index (χ1n) is 7.30. The van der Waals surface area contributed by atoms with Crippen molar-refractivity contribution >= 4 is 5.91 Å². The number of benzene rings is 1. The minimum atomic E-state index is -0.492. The Morgan fingerprint density at radius 3 is 2.21 bits per heavy atom. The molecule has 3 nitrogen and oxygen atoms in total. The first-order valence-corrected chi connectivity index (χ1v) is 7.30. The van der Waals surface area contributed by atoms with Crippen molar-refractivity contribution in [2.75, 3.05) is 6.54 Å². The Kier molecular flexibility index (Phi) is 3.09. The van der Waals surface area contributed by atoms with Crippen LogP contribution in [0.3, 0.4) is 0 Å². The van der Waals surface area contributed by atoms with E-state index < -0.39 is 5.54 Å². The lowest BCUT2D eigenvalue weighted by atomic mass is 9.78. The summed E-state index contributed by atoms with van der Waals surface area (Å²) in [4.78, 5) is 12.2. The molecule has 1 fully saturated rings. The van der Waals surface area contributed by atoms with Crippen LogP contribution in [0.15, 0.2) is 24.3 Å². The lowest BCUT2D eigenvalue weighted by Gasteiger charge is -2.37. The van der Waals surface area contributed by atoms with Crippen molar-refractivity contribution in [1.29, 1.82) is 0 Å². The SMILES string of the molecule is CCNC1(C(N)=O)C2CCC1Cc1ccccc1C2. The largest absolute Gasteiger partial charge is 0.368 e. The van der Waals surface area contributed by atoms with Crippen LogP contribution in [-0.2, 0) is 17.6 Å². The van der Waals surface area contributed by atoms with Crippen molar-refractivity contribution in [3.63, 3.8) is 0 Å². The minimum absolute atomic E-state index is 0.158. The number of hydrogen-bond acceptors (Lipinski definition) is 2. The van der Waals surface area contributed by atoms with Gasteiger partial charge in [0, 0.05) is 0 Å². The maximum absolute atomic E-state index is 12.2. The number of carbonyl (C=O) groups is 1. The molecular formula is C16H22N2O. The molecule has 0 spiro atoms. The van der Waals surface area contributed by atoms with Gasteiger partial charge in [0.25, 0.3) is 0 Å². The fraction of sp³-hybridized carbons (Fsp3) is 0.562. The van der Waals surface area contributed by atoms with E-state index in [2.05, 4.69) is 36.5 Å². The van der Waals surface area contributed by atoms with Gasteiger partial charge in [-0.15, -0.1) is 0 Å². The summed E-state index contributed by atoms with van der Waals surface area (Å²) in [6, 6.07) is 8.59. The predicted molar refractivity (Wildman–Crippen MR) is 75.7 cm³/mol. The van der Waals surface area contributed by atoms with Gasteiger partial charge in [-0.3, -0.25) is 4.79 Å². The van der Waals surface area contributed by atoms with E-state index in [9.17, 15) is 4.79 Å². The Morgan fingerprint density at radius 2 is 1.79 bits per heavy atom. The highest BCUT2D eigenvalue weighted by molar-refractivity contribution is 5.86. The highest BCUT2D eigenvalue weighted by Crippen LogP contribution is 2.47. The molecule has 19 heavy (non-hydrogen) atoms. The molecule has 0 heterocycles. The van der Waals surface area contributed by atoms with Crippen molar-refractivity contribution in [3.05, 3.63) is 35.4 Å². The molecule has 2 aliphatic carbocycles. The fourth-order valence-corrected chi connectivity index (χ4v) is 4.27. The van der Waals surface area contributed by atoms with E-state index >= 15 is 0 Å². The van der Waals surface area contributed by atoms with Gasteiger partial charge < -0.3 is 11.1 Å². The van der Waals surface area contributed by atoms with Gasteiger partial charge in [0.1, 0.15) is 5.54 Å². The molecule has 1 amide bonds. The second-order valence-corrected chi connectivity index (χ2v) is 5.91. The molecule has 2 unspecified atom stereocenters. The molecule has 2 aliphatic rings. The van der Waals surface area contributed by atoms with Crippen LogP contribution in [0.5, 0.6) is 0 Å². The molecule has 0 aromatic heterocycles. The monoisotopic (exact) mass is 258 g/mol. The van der Waals surface area contributed by atoms with Crippen LogP contribution in [0, 0.1) is 11.8 Å². The van der Waals surface area contributed by atoms with E-state index in [0.717, 1.165) is 32.2 Å². The van der Waals surface area contributed by atoms with Gasteiger partial charge in [0.05, 0.1) is 0 Å². The second-order valence-electron chi connectivity index (χ2n) is 5.91. The number of hydrogen-bond donors (Lipinski definition) is 2. The second kappa shape index (κ2) is 4.64. The Hall–Kier alpha value is -1.35. The number of rotatable bonds is 3. The van der Waals surface area contributed by atoms with Gasteiger partial charge in [-0.05, 0) is 55.2 Å². The van der Waals surface area contributed by atoms with E-state index in [1.807, 2.05) is 0 Å². The predicted octanol–water partition coefficient (Wildman–Crippen LogP) is 1.64. The average Bonchev–Trinajstić information content (AvgIpc) is 2.63. The van der Waals surface area contributed by atoms with Gasteiger partial charge in [-0.25, -0.2) is 0 Å². The zero-order valence-corrected chi connectivity index (χ0v) is 11.5. The molecule has 102 valence electrons. The van der Waals surface area contributed by atoms with Gasteiger partial charge in [0.2, 0.25) is 5.91 Å². The zero-order chi connectivity index (χ0) is 13.5. The number of nitrogens with two attached hydrogens (primary N) is 1. The summed E-state index contributed by atoms with van der Waals surface area (Å²) in [5.41, 5.74) is 8.12. The van der Waals surface area contributed by atoms with E-state index in [1.165, 1.54) is 11.1 Å². The number of nitrogens with one attached hydrogen (secondary N) is 1. The molecule has 1 saturated carbocycles. The molecule has 3 heteroatoms. The molecular weight excluding hydrogens is 236 g/mol. The topological polar surface area (TPSA) is 55.1 Å². The summed E-state index contributed by atoms with van der Waals surface area (Å²) in [7, 11) is 0. The molecule has 2 bridgehead atoms. The Balaban J connectivity index is 2.05. The Morgan fingerprint density at radius 1 is 1.26 bits per heavy atom. The number of primary amides is 1. The van der Waals surface area contributed by atoms with Crippen molar-refractivity contribution in [3.8, 4) is 0 Å². The van der Waals surface area contributed by atoms with E-state index in [-0.39, 0.29) is 5.91 Å². The third kappa shape index (κ3) is 1.79. The summed E-state index contributed by atoms with van der Waals surface area (Å²) >= 11 is 0. The Labute approximate surface area is 114 Å². The van der Waals surface area contributed by atoms with Crippen LogP contribution in [-0.4, -0.2) is 18.0 Å². The molecule has 2 atom stereocenters. The van der Waals surface area contributed by atoms with Crippen LogP contribution in [0.4, 0.5) is 0 Å². The number of fused-ring (bicyclic) bond motifs is 3. The van der Waals surface area contributed by atoms with Crippen molar-refractivity contribution in [1.82, 2.24) is 5.32 Å². The summed E-state index contributed by atoms with van der Waals surface area (Å²) in [5.74, 6) is 0.534. The van der Waals surface area contributed by atoms with E-state index in [4.69, 9.17) is 5.73 Å². The van der Waals surface area contributed by atoms with Crippen LogP contribution >= 0.6 is 0 Å². The number of amides is 1. The Bertz CT molecular complexity index is 464. The maximum Gasteiger partial charge on any atom is 0.238 e. The lowest BCUT2D eigenvalue weighted by molar-refractivity contribution is -0.127. The third-order valence-corrected chi connectivity index (χ3v) is 5.08. The van der Waals surface area contributed by atoms with Crippen molar-refractivity contribution in [2.45, 2.75) is 38.1 Å². The number of likely N-dealkylation sites (N-methyl/N-ethyl adjacent to an activating group) is 1. The van der Waals surface area contributed by atoms with Crippen LogP contribution in [0.2, 0.25) is 0 Å². The minimum Gasteiger partial charge on any atom is -0.368 e. The summed E-state index contributed by atoms with van der Waals surface area (Å²) in [5, 5.41) is 3.46. The fourth-order valence-electron chi connectivity index (χ4n) is 4.27. The first kappa shape index (κ1) is 12.7. The average molecular weight is 258 g/mol. The lowest BCUT2D eigenvalue weighted by Crippen LogP contribution is -2.62. The van der Waals surface area contributed by atoms with Crippen molar-refractivity contribution in [2.24, 2.45) is 17.6 Å². The van der Waals surface area contributed by atoms with Gasteiger partial charge in [-0.2, -0.15) is 0 Å². The maximum atomic E-state index is 12.2. The van der Waals surface area contributed by atoms with Crippen LogP contribution < -0.4 is 11.1 Å². The third-order valence-electron chi connectivity index (χ3n) is 5.08. The first-order chi connectivity index (χ1) is 9.18. The zero-order valence-electron chi connectivity index (χ0n) is 11.5. The molecule has 0 saturated heterocycles. The summed E-state index contributed by atoms with van der Waals surface area (Å²) in [6.45, 7) is 2.86. The van der Waals surface area contributed by atoms with E-state index in [0.29, 0.717) is 11.8 Å². The highest BCUT2D eigenvalue weighted by Gasteiger charge is 2.54. The molecule has 3 N–H and O–H groups in total. The standard InChI is InChI=1S/C16H22N2O/c1-2-18-16(15(17)19)13-7-8-14(16)10-12-6-4-3-5-11(12)9-13/h3-6,13-14,18H,2,7-10H2,1H3,(H2,17,19). The van der Waals surface area contributed by atoms with Crippen molar-refractivity contribution < 1.29 is 4.79 Å². The van der Waals surface area contributed by atoms with E-state index in [1.54, 1.807) is 0 Å².